The first-order valence-corrected chi connectivity index (χ1v) is 8.40. The van der Waals surface area contributed by atoms with E-state index in [1.807, 2.05) is 38.1 Å². The van der Waals surface area contributed by atoms with E-state index in [0.29, 0.717) is 23.7 Å². The number of carbonyl (C=O) groups is 1. The minimum Gasteiger partial charge on any atom is -0.310 e. The van der Waals surface area contributed by atoms with Gasteiger partial charge in [0.05, 0.1) is 22.9 Å². The van der Waals surface area contributed by atoms with E-state index in [2.05, 4.69) is 10.4 Å². The molecule has 0 saturated heterocycles. The summed E-state index contributed by atoms with van der Waals surface area (Å²) < 4.78 is 13.5. The molecular weight excluding hydrogens is 286 g/mol. The van der Waals surface area contributed by atoms with Crippen molar-refractivity contribution in [3.05, 3.63) is 41.1 Å². The molecule has 0 aliphatic carbocycles. The van der Waals surface area contributed by atoms with E-state index < -0.39 is 10.8 Å². The van der Waals surface area contributed by atoms with Gasteiger partial charge in [-0.2, -0.15) is 5.10 Å². The van der Waals surface area contributed by atoms with Crippen molar-refractivity contribution in [2.45, 2.75) is 31.8 Å². The third-order valence-corrected chi connectivity index (χ3v) is 4.80. The summed E-state index contributed by atoms with van der Waals surface area (Å²) in [6.45, 7) is 3.81. The maximum Gasteiger partial charge on any atom is 0.225 e. The molecule has 2 heterocycles. The number of fused-ring (bicyclic) bond motifs is 1. The van der Waals surface area contributed by atoms with Crippen LogP contribution in [0.5, 0.6) is 0 Å². The van der Waals surface area contributed by atoms with E-state index >= 15 is 0 Å². The number of nitrogens with zero attached hydrogens (tertiary/aromatic N) is 2. The highest BCUT2D eigenvalue weighted by Gasteiger charge is 2.28. The first-order chi connectivity index (χ1) is 10.1. The lowest BCUT2D eigenvalue weighted by Gasteiger charge is -2.12. The van der Waals surface area contributed by atoms with Crippen LogP contribution in [0.3, 0.4) is 0 Å². The summed E-state index contributed by atoms with van der Waals surface area (Å²) in [5.41, 5.74) is 3.73. The molecule has 0 spiro atoms. The number of aromatic nitrogens is 2. The number of para-hydroxylation sites is 1. The minimum absolute atomic E-state index is 0.0646. The van der Waals surface area contributed by atoms with Gasteiger partial charge < -0.3 is 5.32 Å². The molecule has 1 N–H and O–H groups in total. The quantitative estimate of drug-likeness (QED) is 0.946. The smallest absolute Gasteiger partial charge is 0.225 e. The Kier molecular flexibility index (Phi) is 3.63. The fraction of sp³-hybridized carbons (Fsp3) is 0.333. The maximum absolute atomic E-state index is 11.8. The largest absolute Gasteiger partial charge is 0.310 e. The van der Waals surface area contributed by atoms with Gasteiger partial charge in [-0.05, 0) is 18.6 Å². The second kappa shape index (κ2) is 5.44. The van der Waals surface area contributed by atoms with E-state index in [-0.39, 0.29) is 5.91 Å². The van der Waals surface area contributed by atoms with Crippen molar-refractivity contribution in [3.63, 3.8) is 0 Å². The van der Waals surface area contributed by atoms with Crippen LogP contribution in [0.4, 0.5) is 5.82 Å². The van der Waals surface area contributed by atoms with E-state index in [1.54, 1.807) is 4.68 Å². The van der Waals surface area contributed by atoms with Crippen LogP contribution in [0.2, 0.25) is 0 Å². The number of rotatable bonds is 3. The number of hydrogen-bond donors (Lipinski definition) is 1. The number of amides is 1. The Labute approximate surface area is 125 Å². The Morgan fingerprint density at radius 1 is 1.38 bits per heavy atom. The van der Waals surface area contributed by atoms with Crippen molar-refractivity contribution < 1.29 is 9.00 Å². The molecule has 3 rings (SSSR count). The molecule has 2 aromatic rings. The average Bonchev–Trinajstić information content (AvgIpc) is 2.97. The lowest BCUT2D eigenvalue weighted by atomic mass is 10.2. The highest BCUT2D eigenvalue weighted by Crippen LogP contribution is 2.32. The number of aryl methyl sites for hydroxylation is 1. The molecule has 0 bridgehead atoms. The van der Waals surface area contributed by atoms with E-state index in [0.717, 1.165) is 22.5 Å². The number of anilines is 1. The van der Waals surface area contributed by atoms with Gasteiger partial charge in [0, 0.05) is 22.8 Å². The van der Waals surface area contributed by atoms with Crippen LogP contribution in [0.15, 0.2) is 24.3 Å². The van der Waals surface area contributed by atoms with Gasteiger partial charge in [0.15, 0.2) is 0 Å². The average molecular weight is 303 g/mol. The molecule has 110 valence electrons. The van der Waals surface area contributed by atoms with Crippen molar-refractivity contribution in [3.8, 4) is 5.69 Å². The second-order valence-electron chi connectivity index (χ2n) is 5.10. The Bertz CT molecular complexity index is 737. The fourth-order valence-electron chi connectivity index (χ4n) is 2.45. The van der Waals surface area contributed by atoms with Crippen LogP contribution < -0.4 is 5.32 Å². The first-order valence-electron chi connectivity index (χ1n) is 6.91. The monoisotopic (exact) mass is 303 g/mol. The molecule has 1 atom stereocenters. The molecule has 0 unspecified atom stereocenters. The molecule has 1 aliphatic heterocycles. The van der Waals surface area contributed by atoms with Crippen LogP contribution in [-0.4, -0.2) is 19.9 Å². The summed E-state index contributed by atoms with van der Waals surface area (Å²) >= 11 is 0. The van der Waals surface area contributed by atoms with E-state index in [1.165, 1.54) is 0 Å². The highest BCUT2D eigenvalue weighted by atomic mass is 32.2. The van der Waals surface area contributed by atoms with Gasteiger partial charge in [-0.15, -0.1) is 0 Å². The van der Waals surface area contributed by atoms with E-state index in [4.69, 9.17) is 0 Å². The molecule has 1 amide bonds. The lowest BCUT2D eigenvalue weighted by molar-refractivity contribution is -0.115. The molecule has 1 aromatic carbocycles. The number of carbonyl (C=O) groups excluding carboxylic acids is 1. The van der Waals surface area contributed by atoms with Crippen LogP contribution >= 0.6 is 0 Å². The molecule has 21 heavy (non-hydrogen) atoms. The first kappa shape index (κ1) is 14.0. The van der Waals surface area contributed by atoms with Gasteiger partial charge >= 0.3 is 0 Å². The minimum atomic E-state index is -0.912. The van der Waals surface area contributed by atoms with Crippen LogP contribution in [-0.2, 0) is 27.1 Å². The van der Waals surface area contributed by atoms with Crippen molar-refractivity contribution in [2.24, 2.45) is 0 Å². The van der Waals surface area contributed by atoms with Gasteiger partial charge in [0.2, 0.25) is 5.91 Å². The van der Waals surface area contributed by atoms with E-state index in [9.17, 15) is 9.00 Å². The third-order valence-electron chi connectivity index (χ3n) is 3.59. The Morgan fingerprint density at radius 3 is 2.86 bits per heavy atom. The number of hydrogen-bond acceptors (Lipinski definition) is 3. The molecule has 6 heteroatoms. The van der Waals surface area contributed by atoms with Crippen LogP contribution in [0.1, 0.15) is 30.2 Å². The molecule has 0 radical (unpaired) electrons. The summed E-state index contributed by atoms with van der Waals surface area (Å²) in [6.07, 6.45) is 0.400. The molecule has 0 fully saturated rings. The summed E-state index contributed by atoms with van der Waals surface area (Å²) in [5, 5.41) is 7.48. The normalized spacial score (nSPS) is 16.8. The lowest BCUT2D eigenvalue weighted by Crippen LogP contribution is -2.15. The standard InChI is InChI=1S/C15H17N3O2S/c1-3-14(19)16-15-11-8-21(20)9-12(11)17-18(15)13-7-5-4-6-10(13)2/h4-7H,3,8-9H2,1-2H3,(H,16,19)/t21-/m0/s1. The summed E-state index contributed by atoms with van der Waals surface area (Å²) in [4.78, 5) is 11.8. The van der Waals surface area contributed by atoms with Crippen molar-refractivity contribution >= 4 is 22.5 Å². The zero-order valence-electron chi connectivity index (χ0n) is 12.0. The Balaban J connectivity index is 2.13. The van der Waals surface area contributed by atoms with Crippen LogP contribution in [0, 0.1) is 6.92 Å². The zero-order valence-corrected chi connectivity index (χ0v) is 12.9. The van der Waals surface area contributed by atoms with Crippen molar-refractivity contribution in [1.82, 2.24) is 9.78 Å². The number of nitrogens with one attached hydrogen (secondary N) is 1. The van der Waals surface area contributed by atoms with Crippen molar-refractivity contribution in [1.29, 1.82) is 0 Å². The SMILES string of the molecule is CCC(=O)Nc1c2c(nn1-c1ccccc1C)C[S@@](=O)C2. The van der Waals surface area contributed by atoms with Gasteiger partial charge in [0.25, 0.3) is 0 Å². The summed E-state index contributed by atoms with van der Waals surface area (Å²) in [5.74, 6) is 1.52. The molecule has 5 nitrogen and oxygen atoms in total. The fourth-order valence-corrected chi connectivity index (χ4v) is 3.72. The Morgan fingerprint density at radius 2 is 2.14 bits per heavy atom. The van der Waals surface area contributed by atoms with Gasteiger partial charge in [0.1, 0.15) is 5.82 Å². The summed E-state index contributed by atoms with van der Waals surface area (Å²) in [6, 6.07) is 7.88. The van der Waals surface area contributed by atoms with Gasteiger partial charge in [-0.1, -0.05) is 25.1 Å². The molecular formula is C15H17N3O2S. The highest BCUT2D eigenvalue weighted by molar-refractivity contribution is 7.83. The third kappa shape index (κ3) is 2.51. The molecule has 0 saturated carbocycles. The topological polar surface area (TPSA) is 64.0 Å². The maximum atomic E-state index is 11.8. The van der Waals surface area contributed by atoms with Crippen LogP contribution in [0.25, 0.3) is 5.69 Å². The summed E-state index contributed by atoms with van der Waals surface area (Å²) in [7, 11) is -0.912. The van der Waals surface area contributed by atoms with Gasteiger partial charge in [-0.25, -0.2) is 4.68 Å². The van der Waals surface area contributed by atoms with Crippen molar-refractivity contribution in [2.75, 3.05) is 5.32 Å². The predicted octanol–water partition coefficient (Wildman–Crippen LogP) is 2.29. The van der Waals surface area contributed by atoms with Gasteiger partial charge in [-0.3, -0.25) is 9.00 Å². The predicted molar refractivity (Wildman–Crippen MR) is 82.8 cm³/mol. The Hall–Kier alpha value is -1.95. The number of benzene rings is 1. The molecule has 1 aromatic heterocycles. The zero-order chi connectivity index (χ0) is 15.0. The second-order valence-corrected chi connectivity index (χ2v) is 6.56. The molecule has 1 aliphatic rings.